The zero-order valence-corrected chi connectivity index (χ0v) is 9.28. The van der Waals surface area contributed by atoms with Gasteiger partial charge in [0.25, 0.3) is 0 Å². The van der Waals surface area contributed by atoms with Gasteiger partial charge in [0.1, 0.15) is 0 Å². The quantitative estimate of drug-likeness (QED) is 0.499. The summed E-state index contributed by atoms with van der Waals surface area (Å²) in [6, 6.07) is 0. The number of thioether (sulfide) groups is 1. The predicted molar refractivity (Wildman–Crippen MR) is 58.4 cm³/mol. The van der Waals surface area contributed by atoms with Crippen molar-refractivity contribution in [1.82, 2.24) is 4.42 Å². The maximum Gasteiger partial charge on any atom is 0.0679 e. The minimum Gasteiger partial charge on any atom is -0.259 e. The predicted octanol–water partition coefficient (Wildman–Crippen LogP) is 3.25. The summed E-state index contributed by atoms with van der Waals surface area (Å²) in [5.74, 6) is 1.04. The van der Waals surface area contributed by atoms with Crippen molar-refractivity contribution in [2.75, 3.05) is 5.75 Å². The molecule has 11 heavy (non-hydrogen) atoms. The molecular formula is C7H5ClINS. The third-order valence-electron chi connectivity index (χ3n) is 1.50. The SMILES string of the molecule is ClN1C=C(I)C=C2SCC=C21. The minimum atomic E-state index is 1.04. The van der Waals surface area contributed by atoms with Crippen LogP contribution in [0, 0.1) is 0 Å². The van der Waals surface area contributed by atoms with Gasteiger partial charge in [0, 0.05) is 32.2 Å². The van der Waals surface area contributed by atoms with E-state index in [2.05, 4.69) is 34.7 Å². The molecule has 0 radical (unpaired) electrons. The molecule has 0 aliphatic carbocycles. The Kier molecular flexibility index (Phi) is 2.21. The van der Waals surface area contributed by atoms with E-state index in [1.165, 1.54) is 8.48 Å². The molecule has 58 valence electrons. The van der Waals surface area contributed by atoms with Crippen LogP contribution in [0.5, 0.6) is 0 Å². The highest BCUT2D eigenvalue weighted by Crippen LogP contribution is 2.39. The first-order chi connectivity index (χ1) is 5.27. The number of halogens is 2. The number of hydrogen-bond donors (Lipinski definition) is 0. The first-order valence-corrected chi connectivity index (χ1v) is 5.55. The van der Waals surface area contributed by atoms with Crippen molar-refractivity contribution in [2.45, 2.75) is 0 Å². The van der Waals surface area contributed by atoms with Crippen LogP contribution in [0.15, 0.2) is 32.5 Å². The first-order valence-electron chi connectivity index (χ1n) is 3.15. The zero-order chi connectivity index (χ0) is 7.84. The van der Waals surface area contributed by atoms with E-state index < -0.39 is 0 Å². The van der Waals surface area contributed by atoms with Gasteiger partial charge < -0.3 is 0 Å². The summed E-state index contributed by atoms with van der Waals surface area (Å²) in [5, 5.41) is 0. The van der Waals surface area contributed by atoms with Crippen molar-refractivity contribution >= 4 is 46.1 Å². The molecule has 2 aliphatic heterocycles. The van der Waals surface area contributed by atoms with Gasteiger partial charge in [-0.05, 0) is 34.7 Å². The molecule has 0 spiro atoms. The average Bonchev–Trinajstić information content (AvgIpc) is 2.34. The molecule has 4 heteroatoms. The molecule has 2 rings (SSSR count). The van der Waals surface area contributed by atoms with Crippen LogP contribution in [0.2, 0.25) is 0 Å². The Labute approximate surface area is 88.4 Å². The molecule has 0 saturated carbocycles. The van der Waals surface area contributed by atoms with E-state index in [-0.39, 0.29) is 0 Å². The Bertz CT molecular complexity index is 282. The number of allylic oxidation sites excluding steroid dienone is 2. The van der Waals surface area contributed by atoms with Crippen molar-refractivity contribution in [3.63, 3.8) is 0 Å². The molecule has 0 fully saturated rings. The van der Waals surface area contributed by atoms with E-state index in [9.17, 15) is 0 Å². The lowest BCUT2D eigenvalue weighted by molar-refractivity contribution is 0.765. The summed E-state index contributed by atoms with van der Waals surface area (Å²) in [7, 11) is 0. The molecule has 2 aliphatic rings. The molecule has 0 saturated heterocycles. The van der Waals surface area contributed by atoms with Crippen molar-refractivity contribution in [2.24, 2.45) is 0 Å². The Morgan fingerprint density at radius 3 is 3.27 bits per heavy atom. The largest absolute Gasteiger partial charge is 0.259 e. The highest BCUT2D eigenvalue weighted by Gasteiger charge is 2.20. The summed E-state index contributed by atoms with van der Waals surface area (Å²) < 4.78 is 2.84. The molecule has 0 aromatic heterocycles. The molecule has 0 aromatic rings. The van der Waals surface area contributed by atoms with E-state index in [4.69, 9.17) is 11.8 Å². The molecule has 0 bridgehead atoms. The smallest absolute Gasteiger partial charge is 0.0679 e. The van der Waals surface area contributed by atoms with E-state index >= 15 is 0 Å². The lowest BCUT2D eigenvalue weighted by atomic mass is 10.3. The summed E-state index contributed by atoms with van der Waals surface area (Å²) in [6.45, 7) is 0. The summed E-state index contributed by atoms with van der Waals surface area (Å²) in [6.07, 6.45) is 6.22. The van der Waals surface area contributed by atoms with Gasteiger partial charge in [0.15, 0.2) is 0 Å². The van der Waals surface area contributed by atoms with Gasteiger partial charge in [-0.1, -0.05) is 0 Å². The van der Waals surface area contributed by atoms with Gasteiger partial charge in [0.05, 0.1) is 5.70 Å². The maximum atomic E-state index is 5.94. The van der Waals surface area contributed by atoms with Gasteiger partial charge in [0.2, 0.25) is 0 Å². The van der Waals surface area contributed by atoms with Crippen LogP contribution >= 0.6 is 46.1 Å². The molecule has 2 heterocycles. The van der Waals surface area contributed by atoms with Crippen LogP contribution in [0.1, 0.15) is 0 Å². The molecule has 0 unspecified atom stereocenters. The number of hydrogen-bond acceptors (Lipinski definition) is 2. The van der Waals surface area contributed by atoms with Crippen LogP contribution in [0.4, 0.5) is 0 Å². The second-order valence-electron chi connectivity index (χ2n) is 2.23. The highest BCUT2D eigenvalue weighted by atomic mass is 127. The number of nitrogens with zero attached hydrogens (tertiary/aromatic N) is 1. The fourth-order valence-electron chi connectivity index (χ4n) is 1.03. The fraction of sp³-hybridized carbons (Fsp3) is 0.143. The van der Waals surface area contributed by atoms with E-state index in [0.29, 0.717) is 0 Å². The second kappa shape index (κ2) is 3.03. The van der Waals surface area contributed by atoms with Crippen molar-refractivity contribution in [3.8, 4) is 0 Å². The maximum absolute atomic E-state index is 5.94. The van der Waals surface area contributed by atoms with E-state index in [1.54, 1.807) is 4.42 Å². The number of rotatable bonds is 0. The van der Waals surface area contributed by atoms with Crippen LogP contribution in [0.25, 0.3) is 0 Å². The monoisotopic (exact) mass is 297 g/mol. The van der Waals surface area contributed by atoms with Crippen LogP contribution in [-0.4, -0.2) is 10.2 Å². The first kappa shape index (κ1) is 8.01. The standard InChI is InChI=1S/C7H5ClINS/c8-10-4-5(9)3-7-6(10)1-2-11-7/h1,3-4H,2H2. The molecular weight excluding hydrogens is 293 g/mol. The lowest BCUT2D eigenvalue weighted by Gasteiger charge is -2.17. The Morgan fingerprint density at radius 1 is 1.64 bits per heavy atom. The van der Waals surface area contributed by atoms with Crippen LogP contribution < -0.4 is 0 Å². The molecule has 0 amide bonds. The van der Waals surface area contributed by atoms with E-state index in [0.717, 1.165) is 11.4 Å². The summed E-state index contributed by atoms with van der Waals surface area (Å²) >= 11 is 10.0. The lowest BCUT2D eigenvalue weighted by Crippen LogP contribution is -2.06. The Hall–Kier alpha value is 0.390. The van der Waals surface area contributed by atoms with Crippen molar-refractivity contribution in [1.29, 1.82) is 0 Å². The van der Waals surface area contributed by atoms with Gasteiger partial charge >= 0.3 is 0 Å². The van der Waals surface area contributed by atoms with Crippen LogP contribution in [0.3, 0.4) is 0 Å². The van der Waals surface area contributed by atoms with Gasteiger partial charge in [-0.3, -0.25) is 4.42 Å². The molecule has 0 atom stereocenters. The third kappa shape index (κ3) is 1.46. The minimum absolute atomic E-state index is 1.04. The normalized spacial score (nSPS) is 22.4. The molecule has 0 aromatic carbocycles. The van der Waals surface area contributed by atoms with Gasteiger partial charge in [-0.25, -0.2) is 0 Å². The highest BCUT2D eigenvalue weighted by molar-refractivity contribution is 14.1. The van der Waals surface area contributed by atoms with Crippen molar-refractivity contribution in [3.05, 3.63) is 32.5 Å². The fourth-order valence-corrected chi connectivity index (χ4v) is 3.28. The number of fused-ring (bicyclic) bond motifs is 1. The van der Waals surface area contributed by atoms with Gasteiger partial charge in [-0.2, -0.15) is 0 Å². The second-order valence-corrected chi connectivity index (χ2v) is 4.91. The summed E-state index contributed by atoms with van der Waals surface area (Å²) in [5.41, 5.74) is 1.14. The van der Waals surface area contributed by atoms with Gasteiger partial charge in [-0.15, -0.1) is 11.8 Å². The Balaban J connectivity index is 2.40. The zero-order valence-electron chi connectivity index (χ0n) is 5.55. The van der Waals surface area contributed by atoms with Crippen molar-refractivity contribution < 1.29 is 0 Å². The van der Waals surface area contributed by atoms with E-state index in [1.807, 2.05) is 18.0 Å². The summed E-state index contributed by atoms with van der Waals surface area (Å²) in [4.78, 5) is 1.28. The topological polar surface area (TPSA) is 3.24 Å². The average molecular weight is 298 g/mol. The molecule has 0 N–H and O–H groups in total. The van der Waals surface area contributed by atoms with Crippen LogP contribution in [-0.2, 0) is 0 Å². The third-order valence-corrected chi connectivity index (χ3v) is 3.34. The Morgan fingerprint density at radius 2 is 2.45 bits per heavy atom. The molecule has 1 nitrogen and oxygen atoms in total.